The standard InChI is InChI=1S/C31H43FN2O5/c1-2-3-4-5-6-7-8-9-10-11-12-13-17-23-28(35)33-25-19-18-20-26(24-25)34-29(36)31(32,30(37)38)39-27-21-15-14-16-22-27/h14-16,18-22,24H,2-13,17,23H2,1H3,(H,33,35)(H,34,36)(H,37,38). The summed E-state index contributed by atoms with van der Waals surface area (Å²) in [4.78, 5) is 36.3. The van der Waals surface area contributed by atoms with Crippen LogP contribution >= 0.6 is 0 Å². The number of alkyl halides is 1. The van der Waals surface area contributed by atoms with Gasteiger partial charge in [-0.3, -0.25) is 9.59 Å². The van der Waals surface area contributed by atoms with E-state index in [-0.39, 0.29) is 17.3 Å². The molecule has 8 heteroatoms. The van der Waals surface area contributed by atoms with Gasteiger partial charge in [-0.1, -0.05) is 108 Å². The molecule has 0 aliphatic rings. The monoisotopic (exact) mass is 542 g/mol. The van der Waals surface area contributed by atoms with Gasteiger partial charge >= 0.3 is 17.7 Å². The number of carboxylic acids is 1. The lowest BCUT2D eigenvalue weighted by molar-refractivity contribution is -0.178. The largest absolute Gasteiger partial charge is 0.476 e. The number of halogens is 1. The number of anilines is 2. The van der Waals surface area contributed by atoms with Gasteiger partial charge in [0.25, 0.3) is 0 Å². The topological polar surface area (TPSA) is 105 Å². The van der Waals surface area contributed by atoms with Crippen molar-refractivity contribution in [3.05, 3.63) is 54.6 Å². The van der Waals surface area contributed by atoms with Crippen LogP contribution in [0.2, 0.25) is 0 Å². The fourth-order valence-electron chi connectivity index (χ4n) is 4.25. The number of rotatable bonds is 20. The number of carboxylic acid groups (broad SMARTS) is 1. The van der Waals surface area contributed by atoms with Crippen LogP contribution in [-0.4, -0.2) is 28.7 Å². The Hall–Kier alpha value is -3.42. The number of nitrogens with one attached hydrogen (secondary N) is 2. The van der Waals surface area contributed by atoms with Crippen LogP contribution in [0.15, 0.2) is 54.6 Å². The van der Waals surface area contributed by atoms with E-state index in [9.17, 15) is 19.5 Å². The van der Waals surface area contributed by atoms with Gasteiger partial charge in [0, 0.05) is 17.8 Å². The van der Waals surface area contributed by atoms with Crippen LogP contribution in [0.1, 0.15) is 96.8 Å². The first kappa shape index (κ1) is 31.8. The van der Waals surface area contributed by atoms with Crippen LogP contribution in [0.4, 0.5) is 15.8 Å². The highest BCUT2D eigenvalue weighted by molar-refractivity contribution is 6.10. The van der Waals surface area contributed by atoms with Gasteiger partial charge < -0.3 is 20.5 Å². The summed E-state index contributed by atoms with van der Waals surface area (Å²) in [5.41, 5.74) is 0.537. The third-order valence-corrected chi connectivity index (χ3v) is 6.48. The summed E-state index contributed by atoms with van der Waals surface area (Å²) in [5, 5.41) is 14.3. The Kier molecular flexibility index (Phi) is 14.7. The molecule has 0 saturated carbocycles. The predicted molar refractivity (Wildman–Crippen MR) is 153 cm³/mol. The summed E-state index contributed by atoms with van der Waals surface area (Å²) in [6.07, 6.45) is 16.4. The van der Waals surface area contributed by atoms with Crippen molar-refractivity contribution in [1.29, 1.82) is 0 Å². The predicted octanol–water partition coefficient (Wildman–Crippen LogP) is 7.87. The van der Waals surface area contributed by atoms with E-state index in [1.54, 1.807) is 18.2 Å². The number of unbranched alkanes of at least 4 members (excludes halogenated alkanes) is 12. The number of carbonyl (C=O) groups is 3. The summed E-state index contributed by atoms with van der Waals surface area (Å²) in [5.74, 6) is -7.46. The number of amides is 2. The molecule has 0 aromatic heterocycles. The average Bonchev–Trinajstić information content (AvgIpc) is 2.92. The smallest absolute Gasteiger partial charge is 0.425 e. The first-order chi connectivity index (χ1) is 18.8. The molecule has 0 aliphatic carbocycles. The van der Waals surface area contributed by atoms with Gasteiger partial charge in [0.1, 0.15) is 5.75 Å². The molecule has 1 unspecified atom stereocenters. The molecule has 0 heterocycles. The van der Waals surface area contributed by atoms with E-state index in [4.69, 9.17) is 4.74 Å². The summed E-state index contributed by atoms with van der Waals surface area (Å²) >= 11 is 0. The average molecular weight is 543 g/mol. The lowest BCUT2D eigenvalue weighted by Crippen LogP contribution is -2.50. The highest BCUT2D eigenvalue weighted by Crippen LogP contribution is 2.24. The minimum Gasteiger partial charge on any atom is -0.476 e. The van der Waals surface area contributed by atoms with E-state index in [1.807, 2.05) is 0 Å². The fourth-order valence-corrected chi connectivity index (χ4v) is 4.25. The fraction of sp³-hybridized carbons (Fsp3) is 0.516. The van der Waals surface area contributed by atoms with Gasteiger partial charge in [-0.05, 0) is 36.8 Å². The number of hydrogen-bond acceptors (Lipinski definition) is 4. The zero-order valence-corrected chi connectivity index (χ0v) is 23.1. The second-order valence-electron chi connectivity index (χ2n) is 9.89. The van der Waals surface area contributed by atoms with Crippen molar-refractivity contribution < 1.29 is 28.6 Å². The van der Waals surface area contributed by atoms with Gasteiger partial charge in [0.2, 0.25) is 5.91 Å². The highest BCUT2D eigenvalue weighted by atomic mass is 19.2. The zero-order chi connectivity index (χ0) is 28.3. The molecule has 7 nitrogen and oxygen atoms in total. The number of ether oxygens (including phenoxy) is 1. The maximum absolute atomic E-state index is 15.0. The summed E-state index contributed by atoms with van der Waals surface area (Å²) < 4.78 is 19.9. The zero-order valence-electron chi connectivity index (χ0n) is 23.1. The minimum atomic E-state index is -3.63. The molecule has 2 aromatic carbocycles. The first-order valence-electron chi connectivity index (χ1n) is 14.2. The first-order valence-corrected chi connectivity index (χ1v) is 14.2. The molecule has 2 rings (SSSR count). The quantitative estimate of drug-likeness (QED) is 0.117. The molecule has 1 atom stereocenters. The van der Waals surface area contributed by atoms with Gasteiger partial charge in [0.05, 0.1) is 0 Å². The SMILES string of the molecule is CCCCCCCCCCCCCCCC(=O)Nc1cccc(NC(=O)C(F)(Oc2ccccc2)C(=O)O)c1. The molecular weight excluding hydrogens is 499 g/mol. The van der Waals surface area contributed by atoms with Crippen molar-refractivity contribution in [3.63, 3.8) is 0 Å². The molecule has 0 radical (unpaired) electrons. The maximum Gasteiger partial charge on any atom is 0.425 e. The molecule has 0 bridgehead atoms. The highest BCUT2D eigenvalue weighted by Gasteiger charge is 2.50. The Bertz CT molecular complexity index is 1020. The third-order valence-electron chi connectivity index (χ3n) is 6.48. The molecule has 214 valence electrons. The Labute approximate surface area is 231 Å². The molecule has 0 spiro atoms. The summed E-state index contributed by atoms with van der Waals surface area (Å²) in [6, 6.07) is 13.5. The van der Waals surface area contributed by atoms with Crippen LogP contribution in [0.25, 0.3) is 0 Å². The van der Waals surface area contributed by atoms with E-state index in [1.165, 1.54) is 101 Å². The summed E-state index contributed by atoms with van der Waals surface area (Å²) in [7, 11) is 0. The van der Waals surface area contributed by atoms with Crippen molar-refractivity contribution in [2.45, 2.75) is 103 Å². The van der Waals surface area contributed by atoms with Crippen LogP contribution in [-0.2, 0) is 14.4 Å². The molecule has 0 saturated heterocycles. The number of carbonyl (C=O) groups excluding carboxylic acids is 2. The molecular formula is C31H43FN2O5. The molecule has 0 fully saturated rings. The Balaban J connectivity index is 1.68. The van der Waals surface area contributed by atoms with E-state index >= 15 is 4.39 Å². The molecule has 3 N–H and O–H groups in total. The number of hydrogen-bond donors (Lipinski definition) is 3. The van der Waals surface area contributed by atoms with E-state index in [2.05, 4.69) is 17.6 Å². The van der Waals surface area contributed by atoms with Gasteiger partial charge in [-0.2, -0.15) is 4.39 Å². The minimum absolute atomic E-state index is 0.105. The summed E-state index contributed by atoms with van der Waals surface area (Å²) in [6.45, 7) is 2.24. The van der Waals surface area contributed by atoms with Crippen molar-refractivity contribution in [2.75, 3.05) is 10.6 Å². The normalized spacial score (nSPS) is 12.4. The van der Waals surface area contributed by atoms with Crippen LogP contribution in [0.5, 0.6) is 5.75 Å². The Morgan fingerprint density at radius 1 is 0.744 bits per heavy atom. The van der Waals surface area contributed by atoms with Crippen LogP contribution < -0.4 is 15.4 Å². The Morgan fingerprint density at radius 3 is 1.79 bits per heavy atom. The van der Waals surface area contributed by atoms with Crippen LogP contribution in [0, 0.1) is 0 Å². The second kappa shape index (κ2) is 18.0. The molecule has 2 amide bonds. The van der Waals surface area contributed by atoms with E-state index < -0.39 is 17.7 Å². The van der Waals surface area contributed by atoms with Crippen molar-refractivity contribution >= 4 is 29.2 Å². The third kappa shape index (κ3) is 12.3. The molecule has 2 aromatic rings. The lowest BCUT2D eigenvalue weighted by Gasteiger charge is -2.21. The molecule has 0 aliphatic heterocycles. The van der Waals surface area contributed by atoms with E-state index in [0.29, 0.717) is 12.1 Å². The Morgan fingerprint density at radius 2 is 1.26 bits per heavy atom. The number of para-hydroxylation sites is 1. The van der Waals surface area contributed by atoms with Gasteiger partial charge in [0.15, 0.2) is 0 Å². The van der Waals surface area contributed by atoms with Crippen molar-refractivity contribution in [2.24, 2.45) is 0 Å². The second-order valence-corrected chi connectivity index (χ2v) is 9.89. The van der Waals surface area contributed by atoms with Gasteiger partial charge in [-0.25, -0.2) is 4.79 Å². The van der Waals surface area contributed by atoms with Crippen LogP contribution in [0.3, 0.4) is 0 Å². The number of benzene rings is 2. The maximum atomic E-state index is 15.0. The molecule has 39 heavy (non-hydrogen) atoms. The van der Waals surface area contributed by atoms with Crippen molar-refractivity contribution in [3.8, 4) is 5.75 Å². The van der Waals surface area contributed by atoms with Crippen molar-refractivity contribution in [1.82, 2.24) is 0 Å². The lowest BCUT2D eigenvalue weighted by atomic mass is 10.0. The number of aliphatic carboxylic acids is 1. The van der Waals surface area contributed by atoms with Gasteiger partial charge in [-0.15, -0.1) is 0 Å². The van der Waals surface area contributed by atoms with E-state index in [0.717, 1.165) is 19.3 Å².